The molecule has 0 radical (unpaired) electrons. The van der Waals surface area contributed by atoms with Crippen molar-refractivity contribution in [2.24, 2.45) is 0 Å². The molecule has 1 saturated heterocycles. The second-order valence-electron chi connectivity index (χ2n) is 5.52. The van der Waals surface area contributed by atoms with Crippen molar-refractivity contribution in [3.8, 4) is 0 Å². The van der Waals surface area contributed by atoms with Gasteiger partial charge in [-0.15, -0.1) is 0 Å². The molecule has 1 aliphatic heterocycles. The normalized spacial score (nSPS) is 18.7. The Morgan fingerprint density at radius 1 is 1.52 bits per heavy atom. The molecule has 7 heteroatoms. The van der Waals surface area contributed by atoms with Crippen LogP contribution in [0.4, 0.5) is 11.5 Å². The molecule has 1 fully saturated rings. The van der Waals surface area contributed by atoms with Gasteiger partial charge in [-0.3, -0.25) is 10.1 Å². The zero-order valence-corrected chi connectivity index (χ0v) is 13.1. The van der Waals surface area contributed by atoms with Crippen LogP contribution in [0.15, 0.2) is 0 Å². The van der Waals surface area contributed by atoms with E-state index in [0.717, 1.165) is 38.9 Å². The first-order chi connectivity index (χ1) is 10.1. The van der Waals surface area contributed by atoms with Gasteiger partial charge in [-0.05, 0) is 39.7 Å². The van der Waals surface area contributed by atoms with Crippen molar-refractivity contribution in [3.05, 3.63) is 15.8 Å². The summed E-state index contributed by atoms with van der Waals surface area (Å²) in [4.78, 5) is 13.3. The van der Waals surface area contributed by atoms with Gasteiger partial charge in [0.15, 0.2) is 0 Å². The maximum Gasteiger partial charge on any atom is 0.333 e. The van der Waals surface area contributed by atoms with Gasteiger partial charge in [-0.25, -0.2) is 4.68 Å². The molecule has 0 bridgehead atoms. The standard InChI is InChI=1S/C14H25N5O2/c1-4-9-18-14(13(19(20)21)11(3)16-18)17(5-2)12-7-6-8-15-10-12/h12,15H,4-10H2,1-3H3. The van der Waals surface area contributed by atoms with Gasteiger partial charge in [0.2, 0.25) is 5.82 Å². The molecular formula is C14H25N5O2. The zero-order chi connectivity index (χ0) is 15.4. The van der Waals surface area contributed by atoms with E-state index in [4.69, 9.17) is 0 Å². The molecular weight excluding hydrogens is 270 g/mol. The second-order valence-corrected chi connectivity index (χ2v) is 5.52. The summed E-state index contributed by atoms with van der Waals surface area (Å²) in [5.41, 5.74) is 0.668. The quantitative estimate of drug-likeness (QED) is 0.642. The van der Waals surface area contributed by atoms with E-state index in [1.54, 1.807) is 6.92 Å². The van der Waals surface area contributed by atoms with Crippen molar-refractivity contribution in [1.82, 2.24) is 15.1 Å². The predicted octanol–water partition coefficient (Wildman–Crippen LogP) is 2.09. The SMILES string of the molecule is CCCn1nc(C)c([N+](=O)[O-])c1N(CC)C1CCCNC1. The molecule has 0 saturated carbocycles. The number of anilines is 1. The first kappa shape index (κ1) is 15.8. The maximum atomic E-state index is 11.5. The van der Waals surface area contributed by atoms with Gasteiger partial charge >= 0.3 is 5.69 Å². The van der Waals surface area contributed by atoms with Crippen molar-refractivity contribution >= 4 is 11.5 Å². The fourth-order valence-electron chi connectivity index (χ4n) is 3.11. The third-order valence-electron chi connectivity index (χ3n) is 4.01. The molecule has 1 aromatic heterocycles. The Morgan fingerprint density at radius 2 is 2.29 bits per heavy atom. The van der Waals surface area contributed by atoms with Crippen molar-refractivity contribution in [3.63, 3.8) is 0 Å². The van der Waals surface area contributed by atoms with Gasteiger partial charge in [-0.1, -0.05) is 6.92 Å². The highest BCUT2D eigenvalue weighted by atomic mass is 16.6. The highest BCUT2D eigenvalue weighted by Gasteiger charge is 2.32. The highest BCUT2D eigenvalue weighted by Crippen LogP contribution is 2.34. The van der Waals surface area contributed by atoms with E-state index in [1.807, 2.05) is 4.68 Å². The van der Waals surface area contributed by atoms with Crippen LogP contribution in [0.3, 0.4) is 0 Å². The number of nitro groups is 1. The number of rotatable bonds is 6. The number of nitrogens with one attached hydrogen (secondary N) is 1. The predicted molar refractivity (Wildman–Crippen MR) is 82.8 cm³/mol. The van der Waals surface area contributed by atoms with Crippen LogP contribution < -0.4 is 10.2 Å². The van der Waals surface area contributed by atoms with E-state index in [0.29, 0.717) is 24.1 Å². The Labute approximate surface area is 125 Å². The van der Waals surface area contributed by atoms with E-state index in [1.165, 1.54) is 0 Å². The van der Waals surface area contributed by atoms with Crippen molar-refractivity contribution in [2.45, 2.75) is 52.6 Å². The highest BCUT2D eigenvalue weighted by molar-refractivity contribution is 5.62. The van der Waals surface area contributed by atoms with E-state index in [-0.39, 0.29) is 10.6 Å². The van der Waals surface area contributed by atoms with E-state index in [9.17, 15) is 10.1 Å². The van der Waals surface area contributed by atoms with Gasteiger partial charge in [-0.2, -0.15) is 5.10 Å². The van der Waals surface area contributed by atoms with Crippen LogP contribution in [0.2, 0.25) is 0 Å². The monoisotopic (exact) mass is 295 g/mol. The lowest BCUT2D eigenvalue weighted by Crippen LogP contribution is -2.47. The van der Waals surface area contributed by atoms with Crippen molar-refractivity contribution in [1.29, 1.82) is 0 Å². The molecule has 1 aliphatic rings. The fraction of sp³-hybridized carbons (Fsp3) is 0.786. The third-order valence-corrected chi connectivity index (χ3v) is 4.01. The summed E-state index contributed by atoms with van der Waals surface area (Å²) in [6, 6.07) is 0.300. The van der Waals surface area contributed by atoms with Crippen LogP contribution in [-0.2, 0) is 6.54 Å². The van der Waals surface area contributed by atoms with Gasteiger partial charge < -0.3 is 10.2 Å². The average Bonchev–Trinajstić information content (AvgIpc) is 2.78. The maximum absolute atomic E-state index is 11.5. The summed E-state index contributed by atoms with van der Waals surface area (Å²) in [5.74, 6) is 0.676. The van der Waals surface area contributed by atoms with Crippen LogP contribution >= 0.6 is 0 Å². The van der Waals surface area contributed by atoms with Gasteiger partial charge in [0.25, 0.3) is 0 Å². The Morgan fingerprint density at radius 3 is 2.81 bits per heavy atom. The smallest absolute Gasteiger partial charge is 0.333 e. The molecule has 1 aromatic rings. The van der Waals surface area contributed by atoms with Crippen LogP contribution in [0.1, 0.15) is 38.8 Å². The van der Waals surface area contributed by atoms with Crippen LogP contribution in [-0.4, -0.2) is 40.4 Å². The van der Waals surface area contributed by atoms with Gasteiger partial charge in [0.05, 0.1) is 4.92 Å². The molecule has 1 unspecified atom stereocenters. The Balaban J connectivity index is 2.44. The average molecular weight is 295 g/mol. The van der Waals surface area contributed by atoms with E-state index >= 15 is 0 Å². The number of aryl methyl sites for hydroxylation is 2. The molecule has 21 heavy (non-hydrogen) atoms. The molecule has 0 aromatic carbocycles. The molecule has 7 nitrogen and oxygen atoms in total. The summed E-state index contributed by atoms with van der Waals surface area (Å²) < 4.78 is 1.81. The Hall–Kier alpha value is -1.63. The lowest BCUT2D eigenvalue weighted by molar-refractivity contribution is -0.384. The number of hydrogen-bond acceptors (Lipinski definition) is 5. The molecule has 2 heterocycles. The first-order valence-electron chi connectivity index (χ1n) is 7.79. The topological polar surface area (TPSA) is 76.2 Å². The van der Waals surface area contributed by atoms with Gasteiger partial charge in [0.1, 0.15) is 5.69 Å². The summed E-state index contributed by atoms with van der Waals surface area (Å²) in [6.07, 6.45) is 3.08. The summed E-state index contributed by atoms with van der Waals surface area (Å²) in [7, 11) is 0. The van der Waals surface area contributed by atoms with Crippen LogP contribution in [0.25, 0.3) is 0 Å². The molecule has 118 valence electrons. The van der Waals surface area contributed by atoms with Crippen molar-refractivity contribution in [2.75, 3.05) is 24.5 Å². The summed E-state index contributed by atoms with van der Waals surface area (Å²) in [6.45, 7) is 9.20. The fourth-order valence-corrected chi connectivity index (χ4v) is 3.11. The minimum absolute atomic E-state index is 0.163. The summed E-state index contributed by atoms with van der Waals surface area (Å²) >= 11 is 0. The minimum atomic E-state index is -0.289. The van der Waals surface area contributed by atoms with E-state index in [2.05, 4.69) is 29.2 Å². The van der Waals surface area contributed by atoms with E-state index < -0.39 is 0 Å². The number of piperidine rings is 1. The lowest BCUT2D eigenvalue weighted by Gasteiger charge is -2.35. The lowest BCUT2D eigenvalue weighted by atomic mass is 10.1. The number of aromatic nitrogens is 2. The van der Waals surface area contributed by atoms with Crippen LogP contribution in [0.5, 0.6) is 0 Å². The Bertz CT molecular complexity index is 494. The third kappa shape index (κ3) is 3.18. The zero-order valence-electron chi connectivity index (χ0n) is 13.1. The number of nitrogens with zero attached hydrogens (tertiary/aromatic N) is 4. The molecule has 2 rings (SSSR count). The molecule has 1 atom stereocenters. The van der Waals surface area contributed by atoms with Crippen molar-refractivity contribution < 1.29 is 4.92 Å². The molecule has 0 aliphatic carbocycles. The summed E-state index contributed by atoms with van der Waals surface area (Å²) in [5, 5.41) is 19.3. The second kappa shape index (κ2) is 6.89. The minimum Gasteiger partial charge on any atom is -0.347 e. The number of hydrogen-bond donors (Lipinski definition) is 1. The van der Waals surface area contributed by atoms with Crippen LogP contribution in [0, 0.1) is 17.0 Å². The molecule has 1 N–H and O–H groups in total. The molecule has 0 spiro atoms. The Kier molecular flexibility index (Phi) is 5.17. The molecule has 0 amide bonds. The largest absolute Gasteiger partial charge is 0.347 e. The van der Waals surface area contributed by atoms with Gasteiger partial charge in [0, 0.05) is 25.7 Å². The first-order valence-corrected chi connectivity index (χ1v) is 7.79. The number of likely N-dealkylation sites (N-methyl/N-ethyl adjacent to an activating group) is 1.